The van der Waals surface area contributed by atoms with Crippen LogP contribution in [0.15, 0.2) is 18.2 Å². The highest BCUT2D eigenvalue weighted by molar-refractivity contribution is 6.30. The van der Waals surface area contributed by atoms with E-state index in [1.165, 1.54) is 0 Å². The van der Waals surface area contributed by atoms with E-state index in [-0.39, 0.29) is 24.1 Å². The summed E-state index contributed by atoms with van der Waals surface area (Å²) >= 11 is 6.30. The molecule has 8 heteroatoms. The molecular weight excluding hydrogens is 430 g/mol. The quantitative estimate of drug-likeness (QED) is 0.554. The number of ether oxygens (including phenoxy) is 2. The molecule has 0 aliphatic carbocycles. The zero-order valence-corrected chi connectivity index (χ0v) is 20.7. The van der Waals surface area contributed by atoms with E-state index >= 15 is 0 Å². The number of fused-ring (bicyclic) bond motifs is 3. The summed E-state index contributed by atoms with van der Waals surface area (Å²) in [7, 11) is 0. The molecule has 2 amide bonds. The largest absolute Gasteiger partial charge is 0.444 e. The van der Waals surface area contributed by atoms with Crippen molar-refractivity contribution >= 4 is 29.5 Å². The van der Waals surface area contributed by atoms with Gasteiger partial charge < -0.3 is 25.0 Å². The van der Waals surface area contributed by atoms with E-state index < -0.39 is 17.3 Å². The summed E-state index contributed by atoms with van der Waals surface area (Å²) in [6.07, 6.45) is 1.86. The van der Waals surface area contributed by atoms with Gasteiger partial charge in [-0.15, -0.1) is 0 Å². The number of amides is 2. The fraction of sp³-hybridized carbons (Fsp3) is 0.667. The molecule has 2 heterocycles. The van der Waals surface area contributed by atoms with Crippen LogP contribution in [0, 0.1) is 5.92 Å². The maximum absolute atomic E-state index is 13.0. The van der Waals surface area contributed by atoms with Crippen LogP contribution in [0.2, 0.25) is 5.02 Å². The number of carbonyl (C=O) groups excluding carboxylic acids is 2. The molecule has 0 aromatic heterocycles. The Morgan fingerprint density at radius 1 is 1.16 bits per heavy atom. The Hall–Kier alpha value is -2.15. The van der Waals surface area contributed by atoms with Crippen molar-refractivity contribution in [2.45, 2.75) is 84.1 Å². The Bertz CT molecular complexity index is 847. The van der Waals surface area contributed by atoms with Crippen LogP contribution in [-0.2, 0) is 9.47 Å². The number of carbonyl (C=O) groups is 2. The summed E-state index contributed by atoms with van der Waals surface area (Å²) in [5, 5.41) is 7.13. The molecule has 1 fully saturated rings. The molecule has 2 N–H and O–H groups in total. The molecule has 3 rings (SSSR count). The van der Waals surface area contributed by atoms with Crippen LogP contribution in [0.1, 0.15) is 72.4 Å². The highest BCUT2D eigenvalue weighted by atomic mass is 35.5. The van der Waals surface area contributed by atoms with Crippen molar-refractivity contribution in [3.05, 3.63) is 28.8 Å². The van der Waals surface area contributed by atoms with Crippen molar-refractivity contribution in [2.24, 2.45) is 5.92 Å². The van der Waals surface area contributed by atoms with Gasteiger partial charge in [0.05, 0.1) is 6.04 Å². The molecule has 0 saturated carbocycles. The predicted molar refractivity (Wildman–Crippen MR) is 126 cm³/mol. The fourth-order valence-corrected chi connectivity index (χ4v) is 4.67. The van der Waals surface area contributed by atoms with Crippen LogP contribution < -0.4 is 10.6 Å². The van der Waals surface area contributed by atoms with Crippen LogP contribution in [0.3, 0.4) is 0 Å². The Labute approximate surface area is 196 Å². The molecule has 1 saturated heterocycles. The molecule has 178 valence electrons. The van der Waals surface area contributed by atoms with Gasteiger partial charge in [-0.3, -0.25) is 0 Å². The lowest BCUT2D eigenvalue weighted by Crippen LogP contribution is -2.43. The molecule has 7 nitrogen and oxygen atoms in total. The monoisotopic (exact) mass is 465 g/mol. The van der Waals surface area contributed by atoms with Gasteiger partial charge in [0, 0.05) is 35.8 Å². The van der Waals surface area contributed by atoms with Gasteiger partial charge in [0.15, 0.2) is 0 Å². The smallest absolute Gasteiger partial charge is 0.410 e. The number of benzene rings is 1. The minimum Gasteiger partial charge on any atom is -0.444 e. The van der Waals surface area contributed by atoms with Gasteiger partial charge in [-0.1, -0.05) is 11.6 Å². The first-order valence-electron chi connectivity index (χ1n) is 11.4. The van der Waals surface area contributed by atoms with Crippen molar-refractivity contribution < 1.29 is 19.1 Å². The van der Waals surface area contributed by atoms with Gasteiger partial charge in [-0.05, 0) is 84.6 Å². The molecule has 0 unspecified atom stereocenters. The lowest BCUT2D eigenvalue weighted by Gasteiger charge is -2.40. The third kappa shape index (κ3) is 6.21. The average Bonchev–Trinajstić information content (AvgIpc) is 3.08. The van der Waals surface area contributed by atoms with Gasteiger partial charge >= 0.3 is 12.2 Å². The van der Waals surface area contributed by atoms with E-state index in [1.54, 1.807) is 0 Å². The summed E-state index contributed by atoms with van der Waals surface area (Å²) in [5.74, 6) is 0.245. The molecule has 32 heavy (non-hydrogen) atoms. The maximum Gasteiger partial charge on any atom is 0.410 e. The van der Waals surface area contributed by atoms with E-state index in [0.717, 1.165) is 30.5 Å². The Morgan fingerprint density at radius 2 is 1.84 bits per heavy atom. The zero-order chi connectivity index (χ0) is 23.7. The summed E-state index contributed by atoms with van der Waals surface area (Å²) in [4.78, 5) is 26.7. The molecule has 2 aliphatic rings. The minimum atomic E-state index is -0.550. The second-order valence-corrected chi connectivity index (χ2v) is 11.1. The number of likely N-dealkylation sites (tertiary alicyclic amines) is 1. The van der Waals surface area contributed by atoms with Crippen LogP contribution in [0.4, 0.5) is 15.3 Å². The van der Waals surface area contributed by atoms with Gasteiger partial charge in [-0.2, -0.15) is 0 Å². The van der Waals surface area contributed by atoms with E-state index in [4.69, 9.17) is 21.1 Å². The van der Waals surface area contributed by atoms with Crippen molar-refractivity contribution in [2.75, 3.05) is 18.4 Å². The number of hydrogen-bond donors (Lipinski definition) is 2. The lowest BCUT2D eigenvalue weighted by molar-refractivity contribution is 0.0197. The molecule has 0 spiro atoms. The number of alkyl carbamates (subject to hydrolysis) is 1. The number of halogens is 1. The van der Waals surface area contributed by atoms with Crippen LogP contribution in [0.5, 0.6) is 0 Å². The SMILES string of the molecule is CC(C)(C)OC(=O)NCCC[C@H]1Nc2ccc(Cl)cc2[C@@H]2[C@H]1CCN2C(=O)OC(C)(C)C. The Kier molecular flexibility index (Phi) is 7.18. The normalized spacial score (nSPS) is 22.5. The summed E-state index contributed by atoms with van der Waals surface area (Å²) in [5.41, 5.74) is 0.971. The highest BCUT2D eigenvalue weighted by Gasteiger charge is 2.46. The summed E-state index contributed by atoms with van der Waals surface area (Å²) in [6.45, 7) is 12.4. The van der Waals surface area contributed by atoms with Gasteiger partial charge in [-0.25, -0.2) is 9.59 Å². The van der Waals surface area contributed by atoms with Crippen molar-refractivity contribution in [1.82, 2.24) is 10.2 Å². The Balaban J connectivity index is 1.69. The van der Waals surface area contributed by atoms with E-state index in [2.05, 4.69) is 10.6 Å². The van der Waals surface area contributed by atoms with E-state index in [0.29, 0.717) is 18.1 Å². The molecule has 3 atom stereocenters. The summed E-state index contributed by atoms with van der Waals surface area (Å²) < 4.78 is 11.0. The fourth-order valence-electron chi connectivity index (χ4n) is 4.49. The first kappa shape index (κ1) is 24.5. The third-order valence-corrected chi connectivity index (χ3v) is 5.86. The second-order valence-electron chi connectivity index (χ2n) is 10.6. The summed E-state index contributed by atoms with van der Waals surface area (Å²) in [6, 6.07) is 5.89. The first-order chi connectivity index (χ1) is 14.8. The van der Waals surface area contributed by atoms with Crippen molar-refractivity contribution in [3.8, 4) is 0 Å². The standard InChI is InChI=1S/C24H36ClN3O4/c1-23(2,3)31-21(29)26-12-7-8-18-16-11-13-28(22(30)32-24(4,5)6)20(16)17-14-15(25)9-10-19(17)27-18/h9-10,14,16,18,20,27H,7-8,11-13H2,1-6H3,(H,26,29)/t16-,18+,20-/m0/s1. The first-order valence-corrected chi connectivity index (χ1v) is 11.7. The van der Waals surface area contributed by atoms with E-state index in [9.17, 15) is 9.59 Å². The molecule has 1 aromatic carbocycles. The molecule has 0 bridgehead atoms. The van der Waals surface area contributed by atoms with Crippen molar-refractivity contribution in [3.63, 3.8) is 0 Å². The van der Waals surface area contributed by atoms with E-state index in [1.807, 2.05) is 64.6 Å². The van der Waals surface area contributed by atoms with Gasteiger partial charge in [0.1, 0.15) is 11.2 Å². The highest BCUT2D eigenvalue weighted by Crippen LogP contribution is 2.48. The number of rotatable bonds is 4. The third-order valence-electron chi connectivity index (χ3n) is 5.62. The van der Waals surface area contributed by atoms with Crippen LogP contribution >= 0.6 is 11.6 Å². The van der Waals surface area contributed by atoms with Gasteiger partial charge in [0.2, 0.25) is 0 Å². The maximum atomic E-state index is 13.0. The molecule has 1 aromatic rings. The average molecular weight is 466 g/mol. The topological polar surface area (TPSA) is 79.9 Å². The molecule has 0 radical (unpaired) electrons. The van der Waals surface area contributed by atoms with Crippen LogP contribution in [0.25, 0.3) is 0 Å². The molecule has 2 aliphatic heterocycles. The Morgan fingerprint density at radius 3 is 2.50 bits per heavy atom. The second kappa shape index (κ2) is 9.38. The minimum absolute atomic E-state index is 0.0800. The number of anilines is 1. The lowest BCUT2D eigenvalue weighted by atomic mass is 9.81. The van der Waals surface area contributed by atoms with Crippen molar-refractivity contribution in [1.29, 1.82) is 0 Å². The predicted octanol–water partition coefficient (Wildman–Crippen LogP) is 5.74. The number of hydrogen-bond acceptors (Lipinski definition) is 5. The van der Waals surface area contributed by atoms with Crippen LogP contribution in [-0.4, -0.2) is 47.4 Å². The van der Waals surface area contributed by atoms with Gasteiger partial charge in [0.25, 0.3) is 0 Å². The molecular formula is C24H36ClN3O4. The number of nitrogens with one attached hydrogen (secondary N) is 2. The number of nitrogens with zero attached hydrogens (tertiary/aromatic N) is 1. The zero-order valence-electron chi connectivity index (χ0n) is 20.0.